The highest BCUT2D eigenvalue weighted by Crippen LogP contribution is 2.64. The Morgan fingerprint density at radius 1 is 1.20 bits per heavy atom. The van der Waals surface area contributed by atoms with E-state index in [1.165, 1.54) is 0 Å². The fraction of sp³-hybridized carbons (Fsp3) is 0.895. The number of ether oxygens (including phenoxy) is 3. The normalized spacial score (nSPS) is 35.2. The topological polar surface area (TPSA) is 65.1 Å². The van der Waals surface area contributed by atoms with Gasteiger partial charge in [-0.3, -0.25) is 4.79 Å². The van der Waals surface area contributed by atoms with Crippen LogP contribution in [-0.4, -0.2) is 54.0 Å². The van der Waals surface area contributed by atoms with E-state index in [4.69, 9.17) is 14.2 Å². The molecule has 1 atom stereocenters. The number of nitrogens with zero attached hydrogens (tertiary/aromatic N) is 1. The predicted molar refractivity (Wildman–Crippen MR) is 92.1 cm³/mol. The SMILES string of the molecule is CCOC(=O)C12CC(C)(C1)OC2C1CCN(C(=O)OC(C)(C)C)CC1. The lowest BCUT2D eigenvalue weighted by Gasteiger charge is -2.43. The summed E-state index contributed by atoms with van der Waals surface area (Å²) in [6, 6.07) is 0. The van der Waals surface area contributed by atoms with Crippen molar-refractivity contribution in [3.05, 3.63) is 0 Å². The number of rotatable bonds is 3. The Balaban J connectivity index is 1.61. The van der Waals surface area contributed by atoms with Gasteiger partial charge >= 0.3 is 12.1 Å². The van der Waals surface area contributed by atoms with Gasteiger partial charge in [-0.05, 0) is 66.2 Å². The van der Waals surface area contributed by atoms with Crippen LogP contribution in [0.2, 0.25) is 0 Å². The number of esters is 1. The molecule has 25 heavy (non-hydrogen) atoms. The fourth-order valence-electron chi connectivity index (χ4n) is 4.78. The second-order valence-corrected chi connectivity index (χ2v) is 9.02. The lowest BCUT2D eigenvalue weighted by molar-refractivity contribution is -0.162. The average Bonchev–Trinajstić information content (AvgIpc) is 2.95. The first-order valence-corrected chi connectivity index (χ1v) is 9.42. The van der Waals surface area contributed by atoms with Gasteiger partial charge in [0.1, 0.15) is 5.60 Å². The van der Waals surface area contributed by atoms with Gasteiger partial charge in [0.2, 0.25) is 0 Å². The van der Waals surface area contributed by atoms with E-state index in [9.17, 15) is 9.59 Å². The monoisotopic (exact) mass is 353 g/mol. The Morgan fingerprint density at radius 2 is 1.80 bits per heavy atom. The molecule has 0 radical (unpaired) electrons. The van der Waals surface area contributed by atoms with Crippen molar-refractivity contribution in [3.8, 4) is 0 Å². The Bertz CT molecular complexity index is 539. The third-order valence-electron chi connectivity index (χ3n) is 5.64. The van der Waals surface area contributed by atoms with E-state index in [1.807, 2.05) is 27.7 Å². The third kappa shape index (κ3) is 3.37. The van der Waals surface area contributed by atoms with Crippen LogP contribution in [0, 0.1) is 11.3 Å². The molecule has 3 saturated heterocycles. The van der Waals surface area contributed by atoms with Crippen molar-refractivity contribution in [3.63, 3.8) is 0 Å². The maximum absolute atomic E-state index is 12.5. The molecule has 1 saturated carbocycles. The summed E-state index contributed by atoms with van der Waals surface area (Å²) < 4.78 is 17.1. The number of fused-ring (bicyclic) bond motifs is 1. The van der Waals surface area contributed by atoms with Crippen LogP contribution in [0.3, 0.4) is 0 Å². The minimum Gasteiger partial charge on any atom is -0.465 e. The molecule has 0 aromatic carbocycles. The number of hydrogen-bond donors (Lipinski definition) is 0. The van der Waals surface area contributed by atoms with Crippen LogP contribution < -0.4 is 0 Å². The summed E-state index contributed by atoms with van der Waals surface area (Å²) in [5.74, 6) is 0.178. The second-order valence-electron chi connectivity index (χ2n) is 9.02. The molecule has 2 bridgehead atoms. The summed E-state index contributed by atoms with van der Waals surface area (Å²) >= 11 is 0. The Morgan fingerprint density at radius 3 is 2.32 bits per heavy atom. The van der Waals surface area contributed by atoms with E-state index >= 15 is 0 Å². The van der Waals surface area contributed by atoms with Crippen molar-refractivity contribution in [2.24, 2.45) is 11.3 Å². The van der Waals surface area contributed by atoms with Gasteiger partial charge < -0.3 is 19.1 Å². The van der Waals surface area contributed by atoms with Crippen molar-refractivity contribution >= 4 is 12.1 Å². The van der Waals surface area contributed by atoms with Gasteiger partial charge in [0.15, 0.2) is 0 Å². The summed E-state index contributed by atoms with van der Waals surface area (Å²) in [5.41, 5.74) is -1.13. The molecular weight excluding hydrogens is 322 g/mol. The highest BCUT2D eigenvalue weighted by molar-refractivity contribution is 5.80. The molecule has 3 aliphatic heterocycles. The molecule has 1 amide bonds. The fourth-order valence-corrected chi connectivity index (χ4v) is 4.78. The highest BCUT2D eigenvalue weighted by Gasteiger charge is 2.71. The van der Waals surface area contributed by atoms with Crippen molar-refractivity contribution in [2.45, 2.75) is 77.6 Å². The van der Waals surface area contributed by atoms with E-state index in [2.05, 4.69) is 6.92 Å². The quantitative estimate of drug-likeness (QED) is 0.729. The first-order chi connectivity index (χ1) is 11.6. The van der Waals surface area contributed by atoms with E-state index in [0.717, 1.165) is 25.7 Å². The standard InChI is InChI=1S/C19H31NO5/c1-6-23-15(21)19-11-18(5,12-19)24-14(19)13-7-9-20(10-8-13)16(22)25-17(2,3)4/h13-14H,6-12H2,1-5H3. The van der Waals surface area contributed by atoms with Crippen LogP contribution in [0.25, 0.3) is 0 Å². The van der Waals surface area contributed by atoms with Crippen LogP contribution in [-0.2, 0) is 19.0 Å². The van der Waals surface area contributed by atoms with E-state index in [0.29, 0.717) is 19.7 Å². The number of carbonyl (C=O) groups excluding carboxylic acids is 2. The summed E-state index contributed by atoms with van der Waals surface area (Å²) in [6.07, 6.45) is 2.85. The molecule has 6 nitrogen and oxygen atoms in total. The molecule has 4 aliphatic rings. The average molecular weight is 353 g/mol. The number of carbonyl (C=O) groups is 2. The van der Waals surface area contributed by atoms with Gasteiger partial charge in [-0.1, -0.05) is 0 Å². The molecule has 142 valence electrons. The van der Waals surface area contributed by atoms with E-state index < -0.39 is 11.0 Å². The van der Waals surface area contributed by atoms with E-state index in [1.54, 1.807) is 4.90 Å². The molecule has 6 heteroatoms. The summed E-state index contributed by atoms with van der Waals surface area (Å²) in [7, 11) is 0. The summed E-state index contributed by atoms with van der Waals surface area (Å²) in [4.78, 5) is 26.5. The van der Waals surface area contributed by atoms with Crippen LogP contribution in [0.4, 0.5) is 4.79 Å². The highest BCUT2D eigenvalue weighted by atomic mass is 16.6. The maximum Gasteiger partial charge on any atom is 0.410 e. The molecule has 4 fully saturated rings. The van der Waals surface area contributed by atoms with Crippen LogP contribution in [0.1, 0.15) is 60.3 Å². The molecule has 0 aromatic rings. The summed E-state index contributed by atoms with van der Waals surface area (Å²) in [5, 5.41) is 0. The first-order valence-electron chi connectivity index (χ1n) is 9.42. The van der Waals surface area contributed by atoms with Gasteiger partial charge in [-0.25, -0.2) is 4.79 Å². The van der Waals surface area contributed by atoms with Crippen LogP contribution >= 0.6 is 0 Å². The number of amides is 1. The lowest BCUT2D eigenvalue weighted by Crippen LogP contribution is -2.52. The van der Waals surface area contributed by atoms with Crippen molar-refractivity contribution in [2.75, 3.05) is 19.7 Å². The molecular formula is C19H31NO5. The number of piperidine rings is 1. The van der Waals surface area contributed by atoms with Crippen molar-refractivity contribution in [1.29, 1.82) is 0 Å². The van der Waals surface area contributed by atoms with Gasteiger partial charge in [-0.15, -0.1) is 0 Å². The second kappa shape index (κ2) is 6.15. The molecule has 0 N–H and O–H groups in total. The van der Waals surface area contributed by atoms with Gasteiger partial charge in [0.05, 0.1) is 23.7 Å². The zero-order chi connectivity index (χ0) is 18.5. The number of hydrogen-bond acceptors (Lipinski definition) is 5. The minimum atomic E-state index is -0.480. The van der Waals surface area contributed by atoms with Gasteiger partial charge in [0, 0.05) is 13.1 Å². The van der Waals surface area contributed by atoms with Gasteiger partial charge in [0.25, 0.3) is 0 Å². The minimum absolute atomic E-state index is 0.0858. The Labute approximate surface area is 150 Å². The zero-order valence-corrected chi connectivity index (χ0v) is 16.1. The number of likely N-dealkylation sites (tertiary alicyclic amines) is 1. The molecule has 1 aliphatic carbocycles. The van der Waals surface area contributed by atoms with E-state index in [-0.39, 0.29) is 29.7 Å². The molecule has 4 rings (SSSR count). The molecule has 0 spiro atoms. The van der Waals surface area contributed by atoms with Gasteiger partial charge in [-0.2, -0.15) is 0 Å². The predicted octanol–water partition coefficient (Wildman–Crippen LogP) is 3.13. The summed E-state index contributed by atoms with van der Waals surface area (Å²) in [6.45, 7) is 11.3. The Hall–Kier alpha value is -1.30. The largest absolute Gasteiger partial charge is 0.465 e. The van der Waals surface area contributed by atoms with Crippen LogP contribution in [0.5, 0.6) is 0 Å². The first kappa shape index (κ1) is 18.5. The molecule has 0 aromatic heterocycles. The smallest absolute Gasteiger partial charge is 0.410 e. The Kier molecular flexibility index (Phi) is 4.55. The zero-order valence-electron chi connectivity index (χ0n) is 16.1. The lowest BCUT2D eigenvalue weighted by atomic mass is 9.58. The third-order valence-corrected chi connectivity index (χ3v) is 5.64. The molecule has 1 unspecified atom stereocenters. The molecule has 3 heterocycles. The van der Waals surface area contributed by atoms with Crippen LogP contribution in [0.15, 0.2) is 0 Å². The van der Waals surface area contributed by atoms with Crippen molar-refractivity contribution < 1.29 is 23.8 Å². The van der Waals surface area contributed by atoms with Crippen molar-refractivity contribution in [1.82, 2.24) is 4.90 Å². The maximum atomic E-state index is 12.5.